The van der Waals surface area contributed by atoms with Gasteiger partial charge in [-0.1, -0.05) is 45.0 Å². The van der Waals surface area contributed by atoms with E-state index in [1.54, 1.807) is 6.07 Å². The summed E-state index contributed by atoms with van der Waals surface area (Å²) in [4.78, 5) is 24.4. The van der Waals surface area contributed by atoms with Gasteiger partial charge in [-0.05, 0) is 84.2 Å². The van der Waals surface area contributed by atoms with Crippen LogP contribution >= 0.6 is 11.3 Å². The molecular formula is C29H35NO4S. The zero-order valence-electron chi connectivity index (χ0n) is 21.2. The van der Waals surface area contributed by atoms with Crippen molar-refractivity contribution >= 4 is 23.2 Å². The lowest BCUT2D eigenvalue weighted by molar-refractivity contribution is -0.136. The van der Waals surface area contributed by atoms with E-state index in [1.165, 1.54) is 39.2 Å². The number of aryl methyl sites for hydroxylation is 3. The Morgan fingerprint density at radius 2 is 1.66 bits per heavy atom. The molecule has 0 spiro atoms. The zero-order valence-corrected chi connectivity index (χ0v) is 22.1. The fourth-order valence-corrected chi connectivity index (χ4v) is 5.01. The van der Waals surface area contributed by atoms with Gasteiger partial charge < -0.3 is 15.2 Å². The van der Waals surface area contributed by atoms with Crippen LogP contribution in [0.5, 0.6) is 5.75 Å². The molecule has 0 bridgehead atoms. The van der Waals surface area contributed by atoms with Gasteiger partial charge in [0.1, 0.15) is 5.75 Å². The molecule has 0 atom stereocenters. The van der Waals surface area contributed by atoms with E-state index in [0.29, 0.717) is 11.5 Å². The fraction of sp³-hybridized carbons (Fsp3) is 0.379. The van der Waals surface area contributed by atoms with Crippen LogP contribution in [0.2, 0.25) is 0 Å². The number of amides is 1. The molecule has 1 heterocycles. The summed E-state index contributed by atoms with van der Waals surface area (Å²) >= 11 is 1.44. The van der Waals surface area contributed by atoms with Crippen molar-refractivity contribution in [3.8, 4) is 16.9 Å². The van der Waals surface area contributed by atoms with Crippen molar-refractivity contribution in [1.29, 1.82) is 0 Å². The number of aliphatic carboxylic acids is 1. The molecule has 35 heavy (non-hydrogen) atoms. The number of carbonyl (C=O) groups excluding carboxylic acids is 1. The second kappa shape index (κ2) is 11.5. The van der Waals surface area contributed by atoms with Crippen LogP contribution in [0.15, 0.2) is 48.5 Å². The Kier molecular flexibility index (Phi) is 8.73. The molecule has 0 aliphatic heterocycles. The van der Waals surface area contributed by atoms with Crippen molar-refractivity contribution in [2.24, 2.45) is 0 Å². The summed E-state index contributed by atoms with van der Waals surface area (Å²) in [6, 6.07) is 16.8. The van der Waals surface area contributed by atoms with Crippen LogP contribution in [-0.4, -0.2) is 30.1 Å². The van der Waals surface area contributed by atoms with Crippen molar-refractivity contribution in [2.45, 2.75) is 59.3 Å². The van der Waals surface area contributed by atoms with Crippen LogP contribution in [-0.2, 0) is 16.6 Å². The number of benzene rings is 2. The van der Waals surface area contributed by atoms with Crippen molar-refractivity contribution in [3.63, 3.8) is 0 Å². The number of thiophene rings is 1. The molecule has 186 valence electrons. The molecule has 0 aliphatic carbocycles. The van der Waals surface area contributed by atoms with Crippen LogP contribution in [0.1, 0.15) is 64.9 Å². The average molecular weight is 494 g/mol. The van der Waals surface area contributed by atoms with E-state index in [2.05, 4.69) is 76.3 Å². The second-order valence-electron chi connectivity index (χ2n) is 9.88. The largest absolute Gasteiger partial charge is 0.494 e. The molecule has 2 aromatic carbocycles. The van der Waals surface area contributed by atoms with Crippen molar-refractivity contribution in [3.05, 3.63) is 75.0 Å². The molecule has 3 rings (SSSR count). The Morgan fingerprint density at radius 1 is 1.00 bits per heavy atom. The van der Waals surface area contributed by atoms with Gasteiger partial charge in [0.25, 0.3) is 5.91 Å². The van der Waals surface area contributed by atoms with Crippen LogP contribution in [0.4, 0.5) is 0 Å². The minimum atomic E-state index is -0.924. The third-order valence-electron chi connectivity index (χ3n) is 5.89. The van der Waals surface area contributed by atoms with Crippen LogP contribution < -0.4 is 10.1 Å². The lowest BCUT2D eigenvalue weighted by Gasteiger charge is -2.20. The topological polar surface area (TPSA) is 75.6 Å². The Balaban J connectivity index is 1.53. The predicted octanol–water partition coefficient (Wildman–Crippen LogP) is 6.55. The summed E-state index contributed by atoms with van der Waals surface area (Å²) in [7, 11) is 0. The first kappa shape index (κ1) is 26.5. The summed E-state index contributed by atoms with van der Waals surface area (Å²) in [5, 5.41) is 11.3. The van der Waals surface area contributed by atoms with E-state index in [1.807, 2.05) is 6.07 Å². The molecule has 6 heteroatoms. The fourth-order valence-electron chi connectivity index (χ4n) is 4.04. The summed E-state index contributed by atoms with van der Waals surface area (Å²) in [6.07, 6.45) is 1.59. The third-order valence-corrected chi connectivity index (χ3v) is 7.04. The standard InChI is InChI=1S/C29H35NO4S/c1-19-17-23(18-20(2)27(19)21-8-10-22(11-9-21)29(3,4)5)34-16-6-7-24-12-13-25(35-24)28(33)30-15-14-26(31)32/h8-13,17-18H,6-7,14-16H2,1-5H3,(H,30,33)(H,31,32). The minimum Gasteiger partial charge on any atom is -0.494 e. The molecule has 0 unspecified atom stereocenters. The number of carbonyl (C=O) groups is 2. The number of carboxylic acid groups (broad SMARTS) is 1. The Bertz CT molecular complexity index is 1150. The summed E-state index contributed by atoms with van der Waals surface area (Å²) in [5.74, 6) is -0.274. The first-order chi connectivity index (χ1) is 16.5. The van der Waals surface area contributed by atoms with Crippen LogP contribution in [0.25, 0.3) is 11.1 Å². The van der Waals surface area contributed by atoms with E-state index >= 15 is 0 Å². The number of hydrogen-bond donors (Lipinski definition) is 2. The third kappa shape index (κ3) is 7.43. The van der Waals surface area contributed by atoms with E-state index in [9.17, 15) is 9.59 Å². The Morgan fingerprint density at radius 3 is 2.26 bits per heavy atom. The van der Waals surface area contributed by atoms with Crippen LogP contribution in [0, 0.1) is 13.8 Å². The van der Waals surface area contributed by atoms with Gasteiger partial charge in [0.15, 0.2) is 0 Å². The van der Waals surface area contributed by atoms with Crippen molar-refractivity contribution in [2.75, 3.05) is 13.2 Å². The highest BCUT2D eigenvalue weighted by atomic mass is 32.1. The summed E-state index contributed by atoms with van der Waals surface area (Å²) in [6.45, 7) is 11.7. The minimum absolute atomic E-state index is 0.0787. The van der Waals surface area contributed by atoms with Gasteiger partial charge >= 0.3 is 5.97 Å². The highest BCUT2D eigenvalue weighted by Crippen LogP contribution is 2.33. The molecule has 0 radical (unpaired) electrons. The number of nitrogens with one attached hydrogen (secondary N) is 1. The van der Waals surface area contributed by atoms with Gasteiger partial charge in [-0.3, -0.25) is 9.59 Å². The van der Waals surface area contributed by atoms with Crippen molar-refractivity contribution in [1.82, 2.24) is 5.32 Å². The van der Waals surface area contributed by atoms with Gasteiger partial charge in [0, 0.05) is 11.4 Å². The number of ether oxygens (including phenoxy) is 1. The molecule has 0 saturated carbocycles. The number of hydrogen-bond acceptors (Lipinski definition) is 4. The van der Waals surface area contributed by atoms with Gasteiger partial charge in [0.05, 0.1) is 17.9 Å². The monoisotopic (exact) mass is 493 g/mol. The van der Waals surface area contributed by atoms with Gasteiger partial charge in [-0.15, -0.1) is 11.3 Å². The molecule has 0 fully saturated rings. The summed E-state index contributed by atoms with van der Waals surface area (Å²) in [5.41, 5.74) is 6.33. The molecule has 2 N–H and O–H groups in total. The predicted molar refractivity (Wildman–Crippen MR) is 143 cm³/mol. The lowest BCUT2D eigenvalue weighted by Crippen LogP contribution is -2.25. The maximum absolute atomic E-state index is 12.1. The molecule has 0 aliphatic rings. The van der Waals surface area contributed by atoms with E-state index < -0.39 is 5.97 Å². The van der Waals surface area contributed by atoms with E-state index in [-0.39, 0.29) is 24.3 Å². The normalized spacial score (nSPS) is 11.3. The Labute approximate surface area is 212 Å². The smallest absolute Gasteiger partial charge is 0.305 e. The summed E-state index contributed by atoms with van der Waals surface area (Å²) < 4.78 is 6.04. The maximum Gasteiger partial charge on any atom is 0.305 e. The SMILES string of the molecule is Cc1cc(OCCCc2ccc(C(=O)NCCC(=O)O)s2)cc(C)c1-c1ccc(C(C)(C)C)cc1. The molecule has 3 aromatic rings. The highest BCUT2D eigenvalue weighted by molar-refractivity contribution is 7.14. The van der Waals surface area contributed by atoms with Gasteiger partial charge in [-0.2, -0.15) is 0 Å². The maximum atomic E-state index is 12.1. The van der Waals surface area contributed by atoms with Crippen molar-refractivity contribution < 1.29 is 19.4 Å². The first-order valence-corrected chi connectivity index (χ1v) is 12.8. The van der Waals surface area contributed by atoms with Crippen LogP contribution in [0.3, 0.4) is 0 Å². The van der Waals surface area contributed by atoms with E-state index in [4.69, 9.17) is 9.84 Å². The lowest BCUT2D eigenvalue weighted by atomic mass is 9.85. The number of rotatable bonds is 10. The average Bonchev–Trinajstić information content (AvgIpc) is 3.25. The van der Waals surface area contributed by atoms with Gasteiger partial charge in [0.2, 0.25) is 0 Å². The first-order valence-electron chi connectivity index (χ1n) is 12.0. The molecule has 5 nitrogen and oxygen atoms in total. The quantitative estimate of drug-likeness (QED) is 0.314. The number of carboxylic acids is 1. The molecule has 1 aromatic heterocycles. The van der Waals surface area contributed by atoms with Gasteiger partial charge in [-0.25, -0.2) is 0 Å². The zero-order chi connectivity index (χ0) is 25.6. The highest BCUT2D eigenvalue weighted by Gasteiger charge is 2.15. The second-order valence-corrected chi connectivity index (χ2v) is 11.0. The molecule has 0 saturated heterocycles. The Hall–Kier alpha value is -3.12. The molecular weight excluding hydrogens is 458 g/mol. The molecule has 1 amide bonds. The van der Waals surface area contributed by atoms with E-state index in [0.717, 1.165) is 23.5 Å².